The number of hydrogen-bond acceptors (Lipinski definition) is 3. The third-order valence-corrected chi connectivity index (χ3v) is 2.85. The molecule has 0 N–H and O–H groups in total. The van der Waals surface area contributed by atoms with Crippen LogP contribution in [0.1, 0.15) is 21.7 Å². The lowest BCUT2D eigenvalue weighted by atomic mass is 10.2. The van der Waals surface area contributed by atoms with E-state index in [1.807, 2.05) is 19.1 Å². The Labute approximate surface area is 97.8 Å². The van der Waals surface area contributed by atoms with Gasteiger partial charge in [0.2, 0.25) is 0 Å². The number of aryl methyl sites for hydroxylation is 1. The van der Waals surface area contributed by atoms with E-state index in [9.17, 15) is 4.79 Å². The predicted molar refractivity (Wildman–Crippen MR) is 61.2 cm³/mol. The number of aldehydes is 1. The molecule has 0 radical (unpaired) electrons. The molecule has 0 aliphatic carbocycles. The monoisotopic (exact) mass is 235 g/mol. The third kappa shape index (κ3) is 1.72. The topological polar surface area (TPSA) is 47.8 Å². The standard InChI is InChI=1S/C11H10ClN3O/c1-7-3-4-9(5-10(7)12)15-8(2)11(6-16)13-14-15/h3-6H,1-2H3. The Morgan fingerprint density at radius 1 is 1.38 bits per heavy atom. The molecule has 0 amide bonds. The first kappa shape index (κ1) is 10.8. The van der Waals surface area contributed by atoms with Crippen molar-refractivity contribution < 1.29 is 4.79 Å². The van der Waals surface area contributed by atoms with Crippen molar-refractivity contribution in [3.05, 3.63) is 40.2 Å². The Balaban J connectivity index is 2.54. The zero-order valence-corrected chi connectivity index (χ0v) is 9.69. The molecule has 0 aliphatic rings. The highest BCUT2D eigenvalue weighted by Crippen LogP contribution is 2.20. The molecule has 0 spiro atoms. The van der Waals surface area contributed by atoms with Gasteiger partial charge in [-0.25, -0.2) is 4.68 Å². The SMILES string of the molecule is Cc1ccc(-n2nnc(C=O)c2C)cc1Cl. The molecule has 0 saturated carbocycles. The van der Waals surface area contributed by atoms with Crippen LogP contribution in [0.25, 0.3) is 5.69 Å². The van der Waals surface area contributed by atoms with Crippen molar-refractivity contribution in [2.45, 2.75) is 13.8 Å². The zero-order valence-electron chi connectivity index (χ0n) is 8.94. The molecule has 0 bridgehead atoms. The molecule has 1 heterocycles. The van der Waals surface area contributed by atoms with Crippen LogP contribution in [-0.2, 0) is 0 Å². The first-order chi connectivity index (χ1) is 7.63. The summed E-state index contributed by atoms with van der Waals surface area (Å²) < 4.78 is 1.59. The summed E-state index contributed by atoms with van der Waals surface area (Å²) in [4.78, 5) is 10.7. The van der Waals surface area contributed by atoms with Gasteiger partial charge in [-0.3, -0.25) is 4.79 Å². The average Bonchev–Trinajstić information content (AvgIpc) is 2.64. The zero-order chi connectivity index (χ0) is 11.7. The minimum Gasteiger partial charge on any atom is -0.296 e. The Bertz CT molecular complexity index is 548. The first-order valence-corrected chi connectivity index (χ1v) is 5.15. The number of halogens is 1. The van der Waals surface area contributed by atoms with Crippen LogP contribution in [0.2, 0.25) is 5.02 Å². The van der Waals surface area contributed by atoms with Crippen LogP contribution in [0, 0.1) is 13.8 Å². The van der Waals surface area contributed by atoms with Crippen molar-refractivity contribution in [2.75, 3.05) is 0 Å². The molecule has 1 aromatic heterocycles. The number of hydrogen-bond donors (Lipinski definition) is 0. The van der Waals surface area contributed by atoms with Gasteiger partial charge in [0.25, 0.3) is 0 Å². The largest absolute Gasteiger partial charge is 0.296 e. The van der Waals surface area contributed by atoms with E-state index >= 15 is 0 Å². The van der Waals surface area contributed by atoms with Gasteiger partial charge in [0.05, 0.1) is 11.4 Å². The van der Waals surface area contributed by atoms with Gasteiger partial charge in [-0.05, 0) is 31.5 Å². The summed E-state index contributed by atoms with van der Waals surface area (Å²) >= 11 is 6.03. The van der Waals surface area contributed by atoms with Crippen molar-refractivity contribution in [1.82, 2.24) is 15.0 Å². The maximum atomic E-state index is 10.7. The van der Waals surface area contributed by atoms with Gasteiger partial charge in [-0.15, -0.1) is 5.10 Å². The third-order valence-electron chi connectivity index (χ3n) is 2.44. The van der Waals surface area contributed by atoms with Crippen LogP contribution in [0.4, 0.5) is 0 Å². The summed E-state index contributed by atoms with van der Waals surface area (Å²) in [6.07, 6.45) is 0.689. The molecule has 1 aromatic carbocycles. The van der Waals surface area contributed by atoms with Gasteiger partial charge in [0.15, 0.2) is 6.29 Å². The molecule has 0 atom stereocenters. The molecule has 0 aliphatic heterocycles. The summed E-state index contributed by atoms with van der Waals surface area (Å²) in [6.45, 7) is 3.72. The molecular formula is C11H10ClN3O. The summed E-state index contributed by atoms with van der Waals surface area (Å²) in [5.41, 5.74) is 2.85. The van der Waals surface area contributed by atoms with Crippen LogP contribution in [-0.4, -0.2) is 21.3 Å². The molecule has 2 rings (SSSR count). The second-order valence-corrected chi connectivity index (χ2v) is 3.93. The van der Waals surface area contributed by atoms with Gasteiger partial charge in [-0.1, -0.05) is 22.9 Å². The number of nitrogens with zero attached hydrogens (tertiary/aromatic N) is 3. The average molecular weight is 236 g/mol. The molecule has 5 heteroatoms. The maximum absolute atomic E-state index is 10.7. The Morgan fingerprint density at radius 3 is 2.69 bits per heavy atom. The quantitative estimate of drug-likeness (QED) is 0.751. The second-order valence-electron chi connectivity index (χ2n) is 3.52. The van der Waals surface area contributed by atoms with Crippen LogP contribution >= 0.6 is 11.6 Å². The minimum atomic E-state index is 0.344. The number of rotatable bonds is 2. The lowest BCUT2D eigenvalue weighted by Gasteiger charge is -2.04. The van der Waals surface area contributed by atoms with Gasteiger partial charge in [0.1, 0.15) is 5.69 Å². The van der Waals surface area contributed by atoms with E-state index in [1.165, 1.54) is 0 Å². The van der Waals surface area contributed by atoms with E-state index in [1.54, 1.807) is 17.7 Å². The summed E-state index contributed by atoms with van der Waals surface area (Å²) in [5, 5.41) is 8.34. The lowest BCUT2D eigenvalue weighted by Crippen LogP contribution is -1.99. The highest BCUT2D eigenvalue weighted by molar-refractivity contribution is 6.31. The number of carbonyl (C=O) groups is 1. The van der Waals surface area contributed by atoms with Crippen molar-refractivity contribution in [2.24, 2.45) is 0 Å². The second kappa shape index (κ2) is 4.06. The van der Waals surface area contributed by atoms with E-state index < -0.39 is 0 Å². The van der Waals surface area contributed by atoms with Crippen LogP contribution in [0.5, 0.6) is 0 Å². The summed E-state index contributed by atoms with van der Waals surface area (Å²) in [6, 6.07) is 5.59. The molecule has 82 valence electrons. The highest BCUT2D eigenvalue weighted by Gasteiger charge is 2.09. The van der Waals surface area contributed by atoms with E-state index in [2.05, 4.69) is 10.3 Å². The molecule has 0 fully saturated rings. The highest BCUT2D eigenvalue weighted by atomic mass is 35.5. The first-order valence-electron chi connectivity index (χ1n) is 4.77. The summed E-state index contributed by atoms with van der Waals surface area (Å²) in [5.74, 6) is 0. The van der Waals surface area contributed by atoms with E-state index in [0.29, 0.717) is 22.7 Å². The van der Waals surface area contributed by atoms with Crippen LogP contribution in [0.15, 0.2) is 18.2 Å². The van der Waals surface area contributed by atoms with E-state index in [0.717, 1.165) is 11.3 Å². The predicted octanol–water partition coefficient (Wildman–Crippen LogP) is 2.35. The Kier molecular flexibility index (Phi) is 2.75. The molecule has 0 saturated heterocycles. The van der Waals surface area contributed by atoms with Crippen molar-refractivity contribution >= 4 is 17.9 Å². The maximum Gasteiger partial charge on any atom is 0.172 e. The number of benzene rings is 1. The van der Waals surface area contributed by atoms with E-state index in [-0.39, 0.29) is 0 Å². The van der Waals surface area contributed by atoms with Gasteiger partial charge in [0, 0.05) is 5.02 Å². The molecule has 0 unspecified atom stereocenters. The summed E-state index contributed by atoms with van der Waals surface area (Å²) in [7, 11) is 0. The van der Waals surface area contributed by atoms with Crippen molar-refractivity contribution in [3.8, 4) is 5.69 Å². The minimum absolute atomic E-state index is 0.344. The fourth-order valence-electron chi connectivity index (χ4n) is 1.41. The number of aromatic nitrogens is 3. The molecule has 16 heavy (non-hydrogen) atoms. The fourth-order valence-corrected chi connectivity index (χ4v) is 1.58. The lowest BCUT2D eigenvalue weighted by molar-refractivity contribution is 0.111. The van der Waals surface area contributed by atoms with Crippen LogP contribution in [0.3, 0.4) is 0 Å². The van der Waals surface area contributed by atoms with Gasteiger partial charge >= 0.3 is 0 Å². The molecular weight excluding hydrogens is 226 g/mol. The molecule has 2 aromatic rings. The van der Waals surface area contributed by atoms with Crippen molar-refractivity contribution in [3.63, 3.8) is 0 Å². The number of carbonyl (C=O) groups excluding carboxylic acids is 1. The normalized spacial score (nSPS) is 10.4. The van der Waals surface area contributed by atoms with Crippen molar-refractivity contribution in [1.29, 1.82) is 0 Å². The molecule has 4 nitrogen and oxygen atoms in total. The fraction of sp³-hybridized carbons (Fsp3) is 0.182. The van der Waals surface area contributed by atoms with E-state index in [4.69, 9.17) is 11.6 Å². The van der Waals surface area contributed by atoms with Crippen LogP contribution < -0.4 is 0 Å². The Hall–Kier alpha value is -1.68. The van der Waals surface area contributed by atoms with Gasteiger partial charge < -0.3 is 0 Å². The Morgan fingerprint density at radius 2 is 2.12 bits per heavy atom. The smallest absolute Gasteiger partial charge is 0.172 e. The van der Waals surface area contributed by atoms with Gasteiger partial charge in [-0.2, -0.15) is 0 Å².